The topological polar surface area (TPSA) is 44.1 Å². The van der Waals surface area contributed by atoms with Crippen LogP contribution >= 0.6 is 11.6 Å². The van der Waals surface area contributed by atoms with E-state index in [-0.39, 0.29) is 16.3 Å². The van der Waals surface area contributed by atoms with Crippen LogP contribution in [0.5, 0.6) is 5.75 Å². The molecule has 4 nitrogen and oxygen atoms in total. The molecular formula is C7H9ClN2O2. The van der Waals surface area contributed by atoms with Crippen LogP contribution in [0.3, 0.4) is 0 Å². The van der Waals surface area contributed by atoms with Gasteiger partial charge in [-0.1, -0.05) is 11.6 Å². The van der Waals surface area contributed by atoms with E-state index >= 15 is 0 Å². The summed E-state index contributed by atoms with van der Waals surface area (Å²) in [6.07, 6.45) is 1.38. The van der Waals surface area contributed by atoms with Gasteiger partial charge in [-0.05, 0) is 6.92 Å². The van der Waals surface area contributed by atoms with Crippen molar-refractivity contribution in [3.8, 4) is 5.75 Å². The lowest BCUT2D eigenvalue weighted by atomic mass is 10.5. The molecule has 0 radical (unpaired) electrons. The standard InChI is InChI=1S/C7H9ClN2O2/c1-3-12-6-5(8)4-9-10(2)7(6)11/h4H,3H2,1-2H3. The molecule has 1 aromatic heterocycles. The molecular weight excluding hydrogens is 180 g/mol. The Morgan fingerprint density at radius 2 is 2.42 bits per heavy atom. The first kappa shape index (κ1) is 9.06. The fourth-order valence-corrected chi connectivity index (χ4v) is 0.952. The smallest absolute Gasteiger partial charge is 0.310 e. The van der Waals surface area contributed by atoms with Crippen molar-refractivity contribution >= 4 is 11.6 Å². The molecule has 0 saturated carbocycles. The molecule has 0 saturated heterocycles. The summed E-state index contributed by atoms with van der Waals surface area (Å²) in [6.45, 7) is 2.20. The Morgan fingerprint density at radius 3 is 3.00 bits per heavy atom. The second-order valence-electron chi connectivity index (χ2n) is 2.18. The maximum Gasteiger partial charge on any atom is 0.310 e. The van der Waals surface area contributed by atoms with E-state index in [9.17, 15) is 4.79 Å². The second-order valence-corrected chi connectivity index (χ2v) is 2.59. The van der Waals surface area contributed by atoms with Crippen LogP contribution in [-0.2, 0) is 7.05 Å². The predicted molar refractivity (Wildman–Crippen MR) is 45.7 cm³/mol. The summed E-state index contributed by atoms with van der Waals surface area (Å²) in [5.41, 5.74) is -0.315. The minimum absolute atomic E-state index is 0.164. The summed E-state index contributed by atoms with van der Waals surface area (Å²) in [6, 6.07) is 0. The molecule has 1 aromatic rings. The second kappa shape index (κ2) is 3.58. The SMILES string of the molecule is CCOc1c(Cl)cnn(C)c1=O. The van der Waals surface area contributed by atoms with Gasteiger partial charge in [0, 0.05) is 7.05 Å². The highest BCUT2D eigenvalue weighted by atomic mass is 35.5. The molecule has 0 aliphatic rings. The zero-order chi connectivity index (χ0) is 9.14. The highest BCUT2D eigenvalue weighted by Crippen LogP contribution is 2.16. The maximum atomic E-state index is 11.3. The van der Waals surface area contributed by atoms with E-state index in [1.807, 2.05) is 0 Å². The number of halogens is 1. The summed E-state index contributed by atoms with van der Waals surface area (Å²) >= 11 is 5.68. The number of hydrogen-bond acceptors (Lipinski definition) is 3. The largest absolute Gasteiger partial charge is 0.487 e. The van der Waals surface area contributed by atoms with E-state index in [1.165, 1.54) is 10.9 Å². The first-order valence-corrected chi connectivity index (χ1v) is 3.89. The maximum absolute atomic E-state index is 11.3. The van der Waals surface area contributed by atoms with Gasteiger partial charge in [0.05, 0.1) is 12.8 Å². The molecule has 0 amide bonds. The Balaban J connectivity index is 3.24. The first-order valence-electron chi connectivity index (χ1n) is 3.51. The molecule has 5 heteroatoms. The van der Waals surface area contributed by atoms with Gasteiger partial charge >= 0.3 is 5.56 Å². The van der Waals surface area contributed by atoms with Crippen molar-refractivity contribution in [3.63, 3.8) is 0 Å². The quantitative estimate of drug-likeness (QED) is 0.691. The Bertz CT molecular complexity index is 335. The highest BCUT2D eigenvalue weighted by Gasteiger charge is 2.07. The lowest BCUT2D eigenvalue weighted by Crippen LogP contribution is -2.21. The third-order valence-electron chi connectivity index (χ3n) is 1.34. The number of aromatic nitrogens is 2. The van der Waals surface area contributed by atoms with Crippen LogP contribution < -0.4 is 10.3 Å². The fraction of sp³-hybridized carbons (Fsp3) is 0.429. The zero-order valence-corrected chi connectivity index (χ0v) is 7.63. The van der Waals surface area contributed by atoms with E-state index < -0.39 is 0 Å². The van der Waals surface area contributed by atoms with Gasteiger partial charge in [-0.2, -0.15) is 5.10 Å². The van der Waals surface area contributed by atoms with Crippen molar-refractivity contribution in [2.75, 3.05) is 6.61 Å². The molecule has 0 atom stereocenters. The van der Waals surface area contributed by atoms with Gasteiger partial charge in [-0.25, -0.2) is 4.68 Å². The van der Waals surface area contributed by atoms with Crippen LogP contribution in [0.25, 0.3) is 0 Å². The first-order chi connectivity index (χ1) is 5.66. The van der Waals surface area contributed by atoms with Gasteiger partial charge in [0.15, 0.2) is 0 Å². The van der Waals surface area contributed by atoms with E-state index in [0.717, 1.165) is 0 Å². The van der Waals surface area contributed by atoms with Gasteiger partial charge in [-0.15, -0.1) is 0 Å². The minimum Gasteiger partial charge on any atom is -0.487 e. The lowest BCUT2D eigenvalue weighted by Gasteiger charge is -2.04. The predicted octanol–water partition coefficient (Wildman–Crippen LogP) is 0.832. The van der Waals surface area contributed by atoms with Gasteiger partial charge in [0.2, 0.25) is 5.75 Å². The Kier molecular flexibility index (Phi) is 2.70. The molecule has 0 aliphatic heterocycles. The van der Waals surface area contributed by atoms with E-state index in [0.29, 0.717) is 6.61 Å². The van der Waals surface area contributed by atoms with Crippen LogP contribution in [-0.4, -0.2) is 16.4 Å². The van der Waals surface area contributed by atoms with Crippen LogP contribution in [0.4, 0.5) is 0 Å². The molecule has 0 N–H and O–H groups in total. The number of nitrogens with zero attached hydrogens (tertiary/aromatic N) is 2. The molecule has 1 rings (SSSR count). The number of ether oxygens (including phenoxy) is 1. The monoisotopic (exact) mass is 188 g/mol. The molecule has 0 aromatic carbocycles. The summed E-state index contributed by atoms with van der Waals surface area (Å²) in [5, 5.41) is 3.96. The third kappa shape index (κ3) is 1.58. The zero-order valence-electron chi connectivity index (χ0n) is 6.87. The average Bonchev–Trinajstić information content (AvgIpc) is 2.06. The number of rotatable bonds is 2. The molecule has 0 aliphatic carbocycles. The molecule has 1 heterocycles. The van der Waals surface area contributed by atoms with Crippen molar-refractivity contribution in [3.05, 3.63) is 21.6 Å². The van der Waals surface area contributed by atoms with Crippen molar-refractivity contribution in [2.24, 2.45) is 7.05 Å². The summed E-state index contributed by atoms with van der Waals surface area (Å²) < 4.78 is 6.22. The number of aryl methyl sites for hydroxylation is 1. The van der Waals surface area contributed by atoms with Gasteiger partial charge < -0.3 is 4.74 Å². The highest BCUT2D eigenvalue weighted by molar-refractivity contribution is 6.31. The molecule has 0 bridgehead atoms. The number of hydrogen-bond donors (Lipinski definition) is 0. The summed E-state index contributed by atoms with van der Waals surface area (Å²) in [5.74, 6) is 0.164. The van der Waals surface area contributed by atoms with Gasteiger partial charge in [0.1, 0.15) is 5.02 Å². The summed E-state index contributed by atoms with van der Waals surface area (Å²) in [4.78, 5) is 11.3. The fourth-order valence-electron chi connectivity index (χ4n) is 0.772. The third-order valence-corrected chi connectivity index (χ3v) is 1.61. The molecule has 0 spiro atoms. The Hall–Kier alpha value is -1.03. The van der Waals surface area contributed by atoms with Gasteiger partial charge in [0.25, 0.3) is 0 Å². The molecule has 0 fully saturated rings. The normalized spacial score (nSPS) is 9.92. The molecule has 12 heavy (non-hydrogen) atoms. The van der Waals surface area contributed by atoms with Crippen LogP contribution in [0.15, 0.2) is 11.0 Å². The van der Waals surface area contributed by atoms with Crippen molar-refractivity contribution < 1.29 is 4.74 Å². The van der Waals surface area contributed by atoms with Crippen LogP contribution in [0, 0.1) is 0 Å². The Labute approximate surface area is 74.7 Å². The minimum atomic E-state index is -0.315. The lowest BCUT2D eigenvalue weighted by molar-refractivity contribution is 0.331. The van der Waals surface area contributed by atoms with E-state index in [4.69, 9.17) is 16.3 Å². The molecule has 0 unspecified atom stereocenters. The van der Waals surface area contributed by atoms with Crippen LogP contribution in [0.1, 0.15) is 6.92 Å². The summed E-state index contributed by atoms with van der Waals surface area (Å²) in [7, 11) is 1.54. The van der Waals surface area contributed by atoms with Crippen molar-refractivity contribution in [2.45, 2.75) is 6.92 Å². The van der Waals surface area contributed by atoms with Crippen molar-refractivity contribution in [1.82, 2.24) is 9.78 Å². The van der Waals surface area contributed by atoms with Crippen LogP contribution in [0.2, 0.25) is 5.02 Å². The molecule has 66 valence electrons. The van der Waals surface area contributed by atoms with Gasteiger partial charge in [-0.3, -0.25) is 4.79 Å². The van der Waals surface area contributed by atoms with E-state index in [1.54, 1.807) is 14.0 Å². The average molecular weight is 189 g/mol. The van der Waals surface area contributed by atoms with Crippen molar-refractivity contribution in [1.29, 1.82) is 0 Å². The van der Waals surface area contributed by atoms with E-state index in [2.05, 4.69) is 5.10 Å². The Morgan fingerprint density at radius 1 is 1.75 bits per heavy atom.